The molecule has 0 radical (unpaired) electrons. The molecule has 1 N–H and O–H groups in total. The molecule has 0 amide bonds. The summed E-state index contributed by atoms with van der Waals surface area (Å²) >= 11 is 0. The maximum Gasteiger partial charge on any atom is 0.164 e. The fourth-order valence-corrected chi connectivity index (χ4v) is 3.07. The quantitative estimate of drug-likeness (QED) is 0.773. The van der Waals surface area contributed by atoms with Crippen LogP contribution in [0.25, 0.3) is 11.3 Å². The lowest BCUT2D eigenvalue weighted by Gasteiger charge is -2.27. The number of para-hydroxylation sites is 1. The van der Waals surface area contributed by atoms with Crippen LogP contribution in [0.4, 0.5) is 0 Å². The lowest BCUT2D eigenvalue weighted by Crippen LogP contribution is -2.38. The van der Waals surface area contributed by atoms with Crippen LogP contribution in [0.1, 0.15) is 11.3 Å². The highest BCUT2D eigenvalue weighted by Crippen LogP contribution is 2.34. The molecule has 128 valence electrons. The van der Waals surface area contributed by atoms with Gasteiger partial charge in [0.25, 0.3) is 0 Å². The molecule has 4 rings (SSSR count). The fourth-order valence-electron chi connectivity index (χ4n) is 3.07. The number of rotatable bonds is 5. The van der Waals surface area contributed by atoms with Crippen molar-refractivity contribution in [2.45, 2.75) is 19.0 Å². The van der Waals surface area contributed by atoms with E-state index in [4.69, 9.17) is 14.0 Å². The van der Waals surface area contributed by atoms with Crippen molar-refractivity contribution in [1.29, 1.82) is 0 Å². The second-order valence-electron chi connectivity index (χ2n) is 6.09. The highest BCUT2D eigenvalue weighted by molar-refractivity contribution is 5.58. The van der Waals surface area contributed by atoms with Crippen molar-refractivity contribution < 1.29 is 14.0 Å². The van der Waals surface area contributed by atoms with Gasteiger partial charge in [0, 0.05) is 17.7 Å². The Morgan fingerprint density at radius 3 is 2.88 bits per heavy atom. The number of methoxy groups -OCH3 is 1. The van der Waals surface area contributed by atoms with Crippen LogP contribution in [0.15, 0.2) is 59.1 Å². The first-order valence-electron chi connectivity index (χ1n) is 8.36. The number of benzene rings is 2. The van der Waals surface area contributed by atoms with E-state index < -0.39 is 0 Å². The number of hydrogen-bond donors (Lipinski definition) is 1. The zero-order valence-electron chi connectivity index (χ0n) is 14.1. The van der Waals surface area contributed by atoms with Gasteiger partial charge in [-0.15, -0.1) is 0 Å². The number of ether oxygens (including phenoxy) is 2. The van der Waals surface area contributed by atoms with Gasteiger partial charge in [-0.25, -0.2) is 0 Å². The first-order valence-corrected chi connectivity index (χ1v) is 8.36. The zero-order valence-corrected chi connectivity index (χ0v) is 14.1. The maximum atomic E-state index is 5.89. The van der Waals surface area contributed by atoms with E-state index in [1.165, 1.54) is 0 Å². The van der Waals surface area contributed by atoms with E-state index >= 15 is 0 Å². The summed E-state index contributed by atoms with van der Waals surface area (Å²) < 4.78 is 16.7. The Morgan fingerprint density at radius 1 is 1.16 bits per heavy atom. The first-order chi connectivity index (χ1) is 12.3. The molecule has 0 saturated heterocycles. The van der Waals surface area contributed by atoms with Crippen molar-refractivity contribution in [2.24, 2.45) is 0 Å². The molecule has 1 unspecified atom stereocenters. The molecule has 0 spiro atoms. The molecule has 1 aromatic heterocycles. The third-order valence-electron chi connectivity index (χ3n) is 4.37. The Balaban J connectivity index is 1.39. The predicted molar refractivity (Wildman–Crippen MR) is 94.8 cm³/mol. The van der Waals surface area contributed by atoms with Gasteiger partial charge in [-0.3, -0.25) is 0 Å². The standard InChI is InChI=1S/C20H20N2O3/c1-23-19-9-5-8-15-10-16(13-24-20(15)19)21-12-17-11-18(22-25-17)14-6-3-2-4-7-14/h2-9,11,16,21H,10,12-13H2,1H3. The van der Waals surface area contributed by atoms with Crippen molar-refractivity contribution in [3.05, 3.63) is 65.9 Å². The molecule has 3 aromatic rings. The Morgan fingerprint density at radius 2 is 2.04 bits per heavy atom. The van der Waals surface area contributed by atoms with Crippen LogP contribution in [0, 0.1) is 0 Å². The summed E-state index contributed by atoms with van der Waals surface area (Å²) in [5.74, 6) is 2.46. The topological polar surface area (TPSA) is 56.5 Å². The summed E-state index contributed by atoms with van der Waals surface area (Å²) in [7, 11) is 1.66. The fraction of sp³-hybridized carbons (Fsp3) is 0.250. The number of aromatic nitrogens is 1. The lowest BCUT2D eigenvalue weighted by molar-refractivity contribution is 0.223. The third kappa shape index (κ3) is 3.37. The first kappa shape index (κ1) is 15.7. The van der Waals surface area contributed by atoms with Crippen LogP contribution >= 0.6 is 0 Å². The number of nitrogens with zero attached hydrogens (tertiary/aromatic N) is 1. The molecule has 1 atom stereocenters. The van der Waals surface area contributed by atoms with Gasteiger partial charge in [-0.2, -0.15) is 0 Å². The average Bonchev–Trinajstić information content (AvgIpc) is 3.15. The van der Waals surface area contributed by atoms with E-state index in [9.17, 15) is 0 Å². The summed E-state index contributed by atoms with van der Waals surface area (Å²) in [4.78, 5) is 0. The van der Waals surface area contributed by atoms with E-state index in [1.807, 2.05) is 48.5 Å². The van der Waals surface area contributed by atoms with Gasteiger partial charge >= 0.3 is 0 Å². The average molecular weight is 336 g/mol. The molecule has 5 heteroatoms. The molecule has 0 aliphatic carbocycles. The van der Waals surface area contributed by atoms with Crippen LogP contribution in [0.5, 0.6) is 11.5 Å². The van der Waals surface area contributed by atoms with E-state index in [2.05, 4.69) is 16.5 Å². The van der Waals surface area contributed by atoms with Crippen molar-refractivity contribution in [3.8, 4) is 22.8 Å². The largest absolute Gasteiger partial charge is 0.493 e. The van der Waals surface area contributed by atoms with Crippen molar-refractivity contribution >= 4 is 0 Å². The van der Waals surface area contributed by atoms with Crippen LogP contribution in [0.3, 0.4) is 0 Å². The minimum Gasteiger partial charge on any atom is -0.493 e. The molecule has 0 saturated carbocycles. The summed E-state index contributed by atoms with van der Waals surface area (Å²) in [6.45, 7) is 1.22. The zero-order chi connectivity index (χ0) is 17.1. The van der Waals surface area contributed by atoms with Crippen LogP contribution in [-0.2, 0) is 13.0 Å². The Kier molecular flexibility index (Phi) is 4.39. The minimum absolute atomic E-state index is 0.227. The number of hydrogen-bond acceptors (Lipinski definition) is 5. The number of fused-ring (bicyclic) bond motifs is 1. The summed E-state index contributed by atoms with van der Waals surface area (Å²) in [5.41, 5.74) is 3.07. The monoisotopic (exact) mass is 336 g/mol. The second kappa shape index (κ2) is 6.99. The van der Waals surface area contributed by atoms with Crippen molar-refractivity contribution in [1.82, 2.24) is 10.5 Å². The van der Waals surface area contributed by atoms with E-state index in [0.29, 0.717) is 13.2 Å². The van der Waals surface area contributed by atoms with E-state index in [0.717, 1.165) is 40.5 Å². The SMILES string of the molecule is COc1cccc2c1OCC(NCc1cc(-c3ccccc3)no1)C2. The van der Waals surface area contributed by atoms with E-state index in [1.54, 1.807) is 7.11 Å². The second-order valence-corrected chi connectivity index (χ2v) is 6.09. The molecule has 1 aliphatic rings. The Hall–Kier alpha value is -2.79. The maximum absolute atomic E-state index is 5.89. The third-order valence-corrected chi connectivity index (χ3v) is 4.37. The Labute approximate surface area is 146 Å². The van der Waals surface area contributed by atoms with Crippen molar-refractivity contribution in [2.75, 3.05) is 13.7 Å². The van der Waals surface area contributed by atoms with Crippen LogP contribution in [-0.4, -0.2) is 24.9 Å². The van der Waals surface area contributed by atoms with Crippen LogP contribution < -0.4 is 14.8 Å². The van der Waals surface area contributed by atoms with Gasteiger partial charge < -0.3 is 19.3 Å². The molecule has 0 fully saturated rings. The highest BCUT2D eigenvalue weighted by Gasteiger charge is 2.22. The van der Waals surface area contributed by atoms with Gasteiger partial charge in [-0.1, -0.05) is 47.6 Å². The van der Waals surface area contributed by atoms with Crippen molar-refractivity contribution in [3.63, 3.8) is 0 Å². The Bertz CT molecular complexity index is 845. The molecule has 5 nitrogen and oxygen atoms in total. The molecular weight excluding hydrogens is 316 g/mol. The number of nitrogens with one attached hydrogen (secondary N) is 1. The molecular formula is C20H20N2O3. The molecule has 2 heterocycles. The molecule has 25 heavy (non-hydrogen) atoms. The summed E-state index contributed by atoms with van der Waals surface area (Å²) in [6, 6.07) is 18.2. The van der Waals surface area contributed by atoms with Gasteiger partial charge in [-0.05, 0) is 18.1 Å². The summed E-state index contributed by atoms with van der Waals surface area (Å²) in [6.07, 6.45) is 0.895. The van der Waals surface area contributed by atoms with E-state index in [-0.39, 0.29) is 6.04 Å². The smallest absolute Gasteiger partial charge is 0.164 e. The predicted octanol–water partition coefficient (Wildman–Crippen LogP) is 3.44. The van der Waals surface area contributed by atoms with Gasteiger partial charge in [0.15, 0.2) is 17.3 Å². The molecule has 1 aliphatic heterocycles. The lowest BCUT2D eigenvalue weighted by atomic mass is 10.0. The van der Waals surface area contributed by atoms with Gasteiger partial charge in [0.05, 0.1) is 13.7 Å². The van der Waals surface area contributed by atoms with Crippen LogP contribution in [0.2, 0.25) is 0 Å². The normalized spacial score (nSPS) is 16.1. The summed E-state index contributed by atoms with van der Waals surface area (Å²) in [5, 5.41) is 7.63. The molecule has 0 bridgehead atoms. The molecule has 2 aromatic carbocycles. The van der Waals surface area contributed by atoms with Gasteiger partial charge in [0.2, 0.25) is 0 Å². The van der Waals surface area contributed by atoms with Gasteiger partial charge in [0.1, 0.15) is 12.3 Å². The minimum atomic E-state index is 0.227. The highest BCUT2D eigenvalue weighted by atomic mass is 16.5.